The van der Waals surface area contributed by atoms with Crippen LogP contribution in [0.2, 0.25) is 0 Å². The topological polar surface area (TPSA) is 71.3 Å². The summed E-state index contributed by atoms with van der Waals surface area (Å²) in [5.74, 6) is -0.0505. The molecule has 0 saturated heterocycles. The van der Waals surface area contributed by atoms with Crippen molar-refractivity contribution in [1.29, 1.82) is 0 Å². The standard InChI is InChI=1S/C27H20F3N5O/c28-27(29,30)22-8-4-5-9-23(22)32-26-33-24-15-12-20(17-35(24)34-26)19-10-13-21(14-11-19)31-25(36)16-18-6-2-1-3-7-18/h1-15,17H,16H2,(H,31,36)(H,32,34). The number of hydrogen-bond donors (Lipinski definition) is 2. The van der Waals surface area contributed by atoms with Gasteiger partial charge in [-0.25, -0.2) is 4.52 Å². The van der Waals surface area contributed by atoms with E-state index < -0.39 is 11.7 Å². The lowest BCUT2D eigenvalue weighted by atomic mass is 10.1. The van der Waals surface area contributed by atoms with Crippen molar-refractivity contribution in [2.45, 2.75) is 12.6 Å². The van der Waals surface area contributed by atoms with Crippen LogP contribution >= 0.6 is 0 Å². The Labute approximate surface area is 204 Å². The molecule has 0 radical (unpaired) electrons. The zero-order chi connectivity index (χ0) is 25.1. The van der Waals surface area contributed by atoms with Crippen molar-refractivity contribution in [2.24, 2.45) is 0 Å². The molecule has 0 saturated carbocycles. The molecule has 36 heavy (non-hydrogen) atoms. The normalized spacial score (nSPS) is 11.4. The third kappa shape index (κ3) is 5.20. The van der Waals surface area contributed by atoms with Gasteiger partial charge in [0.05, 0.1) is 17.7 Å². The van der Waals surface area contributed by atoms with E-state index in [4.69, 9.17) is 0 Å². The summed E-state index contributed by atoms with van der Waals surface area (Å²) in [5, 5.41) is 9.84. The maximum atomic E-state index is 13.3. The molecule has 5 aromatic rings. The fourth-order valence-corrected chi connectivity index (χ4v) is 3.80. The summed E-state index contributed by atoms with van der Waals surface area (Å²) < 4.78 is 41.4. The number of rotatable bonds is 6. The molecule has 6 nitrogen and oxygen atoms in total. The molecule has 0 unspecified atom stereocenters. The minimum absolute atomic E-state index is 0.0559. The number of halogens is 3. The van der Waals surface area contributed by atoms with Crippen LogP contribution in [0.3, 0.4) is 0 Å². The number of carbonyl (C=O) groups is 1. The first-order valence-corrected chi connectivity index (χ1v) is 11.1. The average molecular weight is 487 g/mol. The lowest BCUT2D eigenvalue weighted by Crippen LogP contribution is -2.14. The number of fused-ring (bicyclic) bond motifs is 1. The Morgan fingerprint density at radius 1 is 0.833 bits per heavy atom. The largest absolute Gasteiger partial charge is 0.418 e. The summed E-state index contributed by atoms with van der Waals surface area (Å²) in [4.78, 5) is 16.6. The molecule has 2 heterocycles. The van der Waals surface area contributed by atoms with Crippen LogP contribution in [-0.2, 0) is 17.4 Å². The minimum Gasteiger partial charge on any atom is -0.326 e. The van der Waals surface area contributed by atoms with E-state index in [1.54, 1.807) is 12.3 Å². The Bertz CT molecular complexity index is 1510. The zero-order valence-electron chi connectivity index (χ0n) is 18.8. The summed E-state index contributed by atoms with van der Waals surface area (Å²) >= 11 is 0. The third-order valence-electron chi connectivity index (χ3n) is 5.52. The second-order valence-corrected chi connectivity index (χ2v) is 8.11. The number of amides is 1. The molecule has 180 valence electrons. The van der Waals surface area contributed by atoms with Crippen LogP contribution in [0.1, 0.15) is 11.1 Å². The number of hydrogen-bond acceptors (Lipinski definition) is 4. The van der Waals surface area contributed by atoms with Gasteiger partial charge in [-0.2, -0.15) is 18.2 Å². The van der Waals surface area contributed by atoms with Crippen molar-refractivity contribution in [2.75, 3.05) is 10.6 Å². The first-order valence-electron chi connectivity index (χ1n) is 11.1. The van der Waals surface area contributed by atoms with E-state index in [9.17, 15) is 18.0 Å². The molecule has 0 aliphatic heterocycles. The Kier molecular flexibility index (Phi) is 6.12. The first kappa shape index (κ1) is 23.1. The molecule has 0 spiro atoms. The smallest absolute Gasteiger partial charge is 0.326 e. The zero-order valence-corrected chi connectivity index (χ0v) is 18.8. The predicted molar refractivity (Wildman–Crippen MR) is 132 cm³/mol. The molecule has 0 aliphatic rings. The highest BCUT2D eigenvalue weighted by atomic mass is 19.4. The SMILES string of the molecule is O=C(Cc1ccccc1)Nc1ccc(-c2ccc3nc(Nc4ccccc4C(F)(F)F)nn3c2)cc1. The Balaban J connectivity index is 1.31. The molecule has 2 N–H and O–H groups in total. The van der Waals surface area contributed by atoms with Crippen molar-refractivity contribution < 1.29 is 18.0 Å². The second kappa shape index (κ2) is 9.53. The molecular weight excluding hydrogens is 467 g/mol. The second-order valence-electron chi connectivity index (χ2n) is 8.11. The van der Waals surface area contributed by atoms with E-state index in [-0.39, 0.29) is 24.0 Å². The van der Waals surface area contributed by atoms with Crippen molar-refractivity contribution >= 4 is 28.9 Å². The number of benzene rings is 3. The van der Waals surface area contributed by atoms with Crippen molar-refractivity contribution in [3.05, 3.63) is 108 Å². The van der Waals surface area contributed by atoms with E-state index in [1.165, 1.54) is 22.7 Å². The number of aromatic nitrogens is 3. The van der Waals surface area contributed by atoms with Gasteiger partial charge in [-0.15, -0.1) is 5.10 Å². The summed E-state index contributed by atoms with van der Waals surface area (Å²) in [7, 11) is 0. The highest BCUT2D eigenvalue weighted by Crippen LogP contribution is 2.35. The van der Waals surface area contributed by atoms with Gasteiger partial charge < -0.3 is 10.6 Å². The van der Waals surface area contributed by atoms with Gasteiger partial charge in [0.15, 0.2) is 5.65 Å². The highest BCUT2D eigenvalue weighted by Gasteiger charge is 2.33. The van der Waals surface area contributed by atoms with Crippen molar-refractivity contribution in [3.8, 4) is 11.1 Å². The first-order chi connectivity index (χ1) is 17.3. The Morgan fingerprint density at radius 3 is 2.28 bits per heavy atom. The van der Waals surface area contributed by atoms with Gasteiger partial charge in [-0.05, 0) is 47.5 Å². The molecule has 0 aliphatic carbocycles. The molecule has 2 aromatic heterocycles. The van der Waals surface area contributed by atoms with Crippen LogP contribution in [0.25, 0.3) is 16.8 Å². The fourth-order valence-electron chi connectivity index (χ4n) is 3.80. The Morgan fingerprint density at radius 2 is 1.53 bits per heavy atom. The lowest BCUT2D eigenvalue weighted by Gasteiger charge is -2.12. The molecule has 1 amide bonds. The van der Waals surface area contributed by atoms with E-state index in [1.807, 2.05) is 60.7 Å². The third-order valence-corrected chi connectivity index (χ3v) is 5.52. The lowest BCUT2D eigenvalue weighted by molar-refractivity contribution is -0.136. The van der Waals surface area contributed by atoms with Crippen LogP contribution < -0.4 is 10.6 Å². The molecule has 0 bridgehead atoms. The van der Waals surface area contributed by atoms with Gasteiger partial charge in [-0.1, -0.05) is 54.6 Å². The number of pyridine rings is 1. The molecule has 0 atom stereocenters. The summed E-state index contributed by atoms with van der Waals surface area (Å²) in [6, 6.07) is 25.6. The van der Waals surface area contributed by atoms with Crippen molar-refractivity contribution in [1.82, 2.24) is 14.6 Å². The number of nitrogens with zero attached hydrogens (tertiary/aromatic N) is 3. The maximum Gasteiger partial charge on any atom is 0.418 e. The molecule has 9 heteroatoms. The monoisotopic (exact) mass is 487 g/mol. The number of nitrogens with one attached hydrogen (secondary N) is 2. The summed E-state index contributed by atoms with van der Waals surface area (Å²) in [6.45, 7) is 0. The van der Waals surface area contributed by atoms with Crippen LogP contribution in [-0.4, -0.2) is 20.5 Å². The predicted octanol–water partition coefficient (Wildman–Crippen LogP) is 6.34. The van der Waals surface area contributed by atoms with Gasteiger partial charge in [0, 0.05) is 17.4 Å². The molecular formula is C27H20F3N5O. The van der Waals surface area contributed by atoms with Gasteiger partial charge in [-0.3, -0.25) is 4.79 Å². The van der Waals surface area contributed by atoms with Gasteiger partial charge >= 0.3 is 6.18 Å². The van der Waals surface area contributed by atoms with Crippen molar-refractivity contribution in [3.63, 3.8) is 0 Å². The summed E-state index contributed by atoms with van der Waals surface area (Å²) in [5.41, 5.74) is 2.89. The quantitative estimate of drug-likeness (QED) is 0.293. The average Bonchev–Trinajstić information content (AvgIpc) is 3.26. The number of carbonyl (C=O) groups excluding carboxylic acids is 1. The van der Waals surface area contributed by atoms with Crippen LogP contribution in [0.5, 0.6) is 0 Å². The maximum absolute atomic E-state index is 13.3. The van der Waals surface area contributed by atoms with Crippen LogP contribution in [0.15, 0.2) is 97.2 Å². The van der Waals surface area contributed by atoms with Gasteiger partial charge in [0.25, 0.3) is 0 Å². The van der Waals surface area contributed by atoms with E-state index in [0.717, 1.165) is 22.8 Å². The summed E-state index contributed by atoms with van der Waals surface area (Å²) in [6.07, 6.45) is -2.47. The van der Waals surface area contributed by atoms with E-state index in [2.05, 4.69) is 20.7 Å². The van der Waals surface area contributed by atoms with Crippen LogP contribution in [0.4, 0.5) is 30.5 Å². The number of alkyl halides is 3. The molecule has 0 fully saturated rings. The minimum atomic E-state index is -4.50. The van der Waals surface area contributed by atoms with Crippen LogP contribution in [0, 0.1) is 0 Å². The van der Waals surface area contributed by atoms with Gasteiger partial charge in [0.1, 0.15) is 0 Å². The highest BCUT2D eigenvalue weighted by molar-refractivity contribution is 5.92. The van der Waals surface area contributed by atoms with E-state index in [0.29, 0.717) is 11.3 Å². The molecule has 5 rings (SSSR count). The Hall–Kier alpha value is -4.66. The number of para-hydroxylation sites is 1. The molecule has 3 aromatic carbocycles. The van der Waals surface area contributed by atoms with Gasteiger partial charge in [0.2, 0.25) is 11.9 Å². The van der Waals surface area contributed by atoms with E-state index >= 15 is 0 Å². The number of anilines is 3. The fraction of sp³-hybridized carbons (Fsp3) is 0.0741.